The predicted molar refractivity (Wildman–Crippen MR) is 71.4 cm³/mol. The average molecular weight is 238 g/mol. The van der Waals surface area contributed by atoms with Gasteiger partial charge in [0.1, 0.15) is 0 Å². The Morgan fingerprint density at radius 2 is 1.82 bits per heavy atom. The van der Waals surface area contributed by atoms with E-state index < -0.39 is 0 Å². The molecule has 3 heteroatoms. The van der Waals surface area contributed by atoms with Crippen LogP contribution in [-0.4, -0.2) is 30.6 Å². The van der Waals surface area contributed by atoms with Crippen LogP contribution in [0.1, 0.15) is 57.8 Å². The molecule has 0 amide bonds. The molecular weight excluding hydrogens is 212 g/mol. The molecule has 2 aliphatic rings. The quantitative estimate of drug-likeness (QED) is 0.793. The molecule has 2 N–H and O–H groups in total. The van der Waals surface area contributed by atoms with Crippen molar-refractivity contribution in [1.29, 1.82) is 0 Å². The number of amidine groups is 1. The Balaban J connectivity index is 1.84. The van der Waals surface area contributed by atoms with Crippen LogP contribution in [0, 0.1) is 5.41 Å². The SMILES string of the molecule is OCC1(CNC2=NCCCCC2)CCCCC1. The highest BCUT2D eigenvalue weighted by Gasteiger charge is 2.31. The number of aliphatic imine (C=N–C) groups is 1. The summed E-state index contributed by atoms with van der Waals surface area (Å²) in [7, 11) is 0. The normalized spacial score (nSPS) is 24.9. The molecular formula is C14H26N2O. The summed E-state index contributed by atoms with van der Waals surface area (Å²) >= 11 is 0. The fourth-order valence-electron chi connectivity index (χ4n) is 3.00. The second kappa shape index (κ2) is 6.39. The van der Waals surface area contributed by atoms with E-state index in [-0.39, 0.29) is 5.41 Å². The topological polar surface area (TPSA) is 44.6 Å². The first kappa shape index (κ1) is 12.9. The molecule has 0 aromatic carbocycles. The van der Waals surface area contributed by atoms with E-state index in [1.807, 2.05) is 0 Å². The molecule has 17 heavy (non-hydrogen) atoms. The van der Waals surface area contributed by atoms with Gasteiger partial charge in [-0.05, 0) is 25.7 Å². The van der Waals surface area contributed by atoms with Gasteiger partial charge in [0.25, 0.3) is 0 Å². The molecule has 2 rings (SSSR count). The van der Waals surface area contributed by atoms with Gasteiger partial charge in [0.2, 0.25) is 0 Å². The summed E-state index contributed by atoms with van der Waals surface area (Å²) in [5.74, 6) is 1.18. The molecule has 0 bridgehead atoms. The van der Waals surface area contributed by atoms with Gasteiger partial charge in [-0.3, -0.25) is 4.99 Å². The standard InChI is InChI=1S/C14H26N2O/c17-12-14(8-4-2-5-9-14)11-16-13-7-3-1-6-10-15-13/h17H,1-12H2,(H,15,16). The smallest absolute Gasteiger partial charge is 0.0963 e. The Morgan fingerprint density at radius 1 is 1.06 bits per heavy atom. The predicted octanol–water partition coefficient (Wildman–Crippen LogP) is 2.49. The number of hydrogen-bond donors (Lipinski definition) is 2. The molecule has 0 saturated heterocycles. The maximum absolute atomic E-state index is 9.65. The summed E-state index contributed by atoms with van der Waals surface area (Å²) in [5.41, 5.74) is 0.132. The van der Waals surface area contributed by atoms with E-state index in [1.54, 1.807) is 0 Å². The lowest BCUT2D eigenvalue weighted by Gasteiger charge is -2.36. The number of nitrogens with zero attached hydrogens (tertiary/aromatic N) is 1. The first-order chi connectivity index (χ1) is 8.35. The maximum Gasteiger partial charge on any atom is 0.0963 e. The van der Waals surface area contributed by atoms with E-state index in [4.69, 9.17) is 0 Å². The molecule has 0 aromatic rings. The van der Waals surface area contributed by atoms with Crippen molar-refractivity contribution in [3.8, 4) is 0 Å². The molecule has 1 aliphatic heterocycles. The van der Waals surface area contributed by atoms with Crippen LogP contribution in [0.3, 0.4) is 0 Å². The van der Waals surface area contributed by atoms with E-state index in [0.29, 0.717) is 6.61 Å². The van der Waals surface area contributed by atoms with E-state index in [2.05, 4.69) is 10.3 Å². The van der Waals surface area contributed by atoms with Crippen molar-refractivity contribution in [3.63, 3.8) is 0 Å². The Bertz CT molecular complexity index is 257. The van der Waals surface area contributed by atoms with Crippen LogP contribution < -0.4 is 5.32 Å². The summed E-state index contributed by atoms with van der Waals surface area (Å²) < 4.78 is 0. The summed E-state index contributed by atoms with van der Waals surface area (Å²) in [5, 5.41) is 13.2. The van der Waals surface area contributed by atoms with Crippen molar-refractivity contribution < 1.29 is 5.11 Å². The average Bonchev–Trinajstić information content (AvgIpc) is 2.66. The largest absolute Gasteiger partial charge is 0.396 e. The monoisotopic (exact) mass is 238 g/mol. The van der Waals surface area contributed by atoms with E-state index in [1.165, 1.54) is 57.2 Å². The molecule has 0 unspecified atom stereocenters. The molecule has 1 saturated carbocycles. The summed E-state index contributed by atoms with van der Waals surface area (Å²) in [6.07, 6.45) is 11.1. The van der Waals surface area contributed by atoms with Gasteiger partial charge in [0.05, 0.1) is 12.4 Å². The number of hydrogen-bond acceptors (Lipinski definition) is 3. The van der Waals surface area contributed by atoms with Gasteiger partial charge in [0.15, 0.2) is 0 Å². The molecule has 3 nitrogen and oxygen atoms in total. The molecule has 1 fully saturated rings. The minimum atomic E-state index is 0.132. The number of aliphatic hydroxyl groups is 1. The van der Waals surface area contributed by atoms with Crippen molar-refractivity contribution in [2.24, 2.45) is 10.4 Å². The second-order valence-electron chi connectivity index (χ2n) is 5.71. The third kappa shape index (κ3) is 3.70. The highest BCUT2D eigenvalue weighted by Crippen LogP contribution is 2.35. The van der Waals surface area contributed by atoms with E-state index in [0.717, 1.165) is 19.5 Å². The van der Waals surface area contributed by atoms with Crippen molar-refractivity contribution in [1.82, 2.24) is 5.32 Å². The minimum Gasteiger partial charge on any atom is -0.396 e. The molecule has 0 aromatic heterocycles. The first-order valence-corrected chi connectivity index (χ1v) is 7.23. The van der Waals surface area contributed by atoms with Crippen LogP contribution in [0.5, 0.6) is 0 Å². The van der Waals surface area contributed by atoms with Gasteiger partial charge in [0, 0.05) is 24.9 Å². The second-order valence-corrected chi connectivity index (χ2v) is 5.71. The van der Waals surface area contributed by atoms with E-state index in [9.17, 15) is 5.11 Å². The van der Waals surface area contributed by atoms with Gasteiger partial charge in [-0.25, -0.2) is 0 Å². The Labute approximate surface area is 105 Å². The molecule has 0 atom stereocenters. The number of aliphatic hydroxyl groups excluding tert-OH is 1. The third-order valence-electron chi connectivity index (χ3n) is 4.29. The highest BCUT2D eigenvalue weighted by molar-refractivity contribution is 5.82. The number of rotatable bonds is 3. The van der Waals surface area contributed by atoms with Crippen molar-refractivity contribution >= 4 is 5.84 Å². The lowest BCUT2D eigenvalue weighted by Crippen LogP contribution is -2.41. The van der Waals surface area contributed by atoms with Gasteiger partial charge >= 0.3 is 0 Å². The maximum atomic E-state index is 9.65. The van der Waals surface area contributed by atoms with Crippen LogP contribution in [0.4, 0.5) is 0 Å². The lowest BCUT2D eigenvalue weighted by atomic mass is 9.74. The summed E-state index contributed by atoms with van der Waals surface area (Å²) in [4.78, 5) is 4.60. The molecule has 1 aliphatic carbocycles. The Hall–Kier alpha value is -0.570. The number of nitrogens with one attached hydrogen (secondary N) is 1. The minimum absolute atomic E-state index is 0.132. The lowest BCUT2D eigenvalue weighted by molar-refractivity contribution is 0.0858. The van der Waals surface area contributed by atoms with Crippen molar-refractivity contribution in [2.45, 2.75) is 57.8 Å². The van der Waals surface area contributed by atoms with Crippen LogP contribution in [0.15, 0.2) is 4.99 Å². The fraction of sp³-hybridized carbons (Fsp3) is 0.929. The van der Waals surface area contributed by atoms with Crippen LogP contribution in [-0.2, 0) is 0 Å². The first-order valence-electron chi connectivity index (χ1n) is 7.23. The van der Waals surface area contributed by atoms with Gasteiger partial charge in [-0.15, -0.1) is 0 Å². The molecule has 1 heterocycles. The Kier molecular flexibility index (Phi) is 4.84. The van der Waals surface area contributed by atoms with Crippen LogP contribution in [0.25, 0.3) is 0 Å². The van der Waals surface area contributed by atoms with Gasteiger partial charge < -0.3 is 10.4 Å². The third-order valence-corrected chi connectivity index (χ3v) is 4.29. The summed E-state index contributed by atoms with van der Waals surface area (Å²) in [6.45, 7) is 2.23. The van der Waals surface area contributed by atoms with Crippen molar-refractivity contribution in [3.05, 3.63) is 0 Å². The van der Waals surface area contributed by atoms with Crippen LogP contribution >= 0.6 is 0 Å². The fourth-order valence-corrected chi connectivity index (χ4v) is 3.00. The Morgan fingerprint density at radius 3 is 2.59 bits per heavy atom. The zero-order chi connectivity index (χ0) is 12.0. The summed E-state index contributed by atoms with van der Waals surface area (Å²) in [6, 6.07) is 0. The van der Waals surface area contributed by atoms with Crippen LogP contribution in [0.2, 0.25) is 0 Å². The van der Waals surface area contributed by atoms with Crippen molar-refractivity contribution in [2.75, 3.05) is 19.7 Å². The molecule has 98 valence electrons. The van der Waals surface area contributed by atoms with E-state index >= 15 is 0 Å². The van der Waals surface area contributed by atoms with Gasteiger partial charge in [-0.1, -0.05) is 25.7 Å². The highest BCUT2D eigenvalue weighted by atomic mass is 16.3. The van der Waals surface area contributed by atoms with Gasteiger partial charge in [-0.2, -0.15) is 0 Å². The zero-order valence-electron chi connectivity index (χ0n) is 10.9. The molecule has 0 radical (unpaired) electrons. The molecule has 0 spiro atoms. The zero-order valence-corrected chi connectivity index (χ0v) is 10.9.